The molecule has 0 bridgehead atoms. The molecule has 0 saturated carbocycles. The van der Waals surface area contributed by atoms with Gasteiger partial charge in [0.1, 0.15) is 24.4 Å². The maximum absolute atomic E-state index is 10.9. The van der Waals surface area contributed by atoms with Gasteiger partial charge in [0.2, 0.25) is 5.79 Å². The lowest BCUT2D eigenvalue weighted by Gasteiger charge is -2.49. The lowest BCUT2D eigenvalue weighted by atomic mass is 9.88. The van der Waals surface area contributed by atoms with Gasteiger partial charge in [-0.25, -0.2) is 0 Å². The second-order valence-corrected chi connectivity index (χ2v) is 9.42. The maximum atomic E-state index is 10.9. The fourth-order valence-electron chi connectivity index (χ4n) is 4.64. The summed E-state index contributed by atoms with van der Waals surface area (Å²) in [4.78, 5) is 0.696. The number of aliphatic hydroxyl groups is 4. The second-order valence-electron chi connectivity index (χ2n) is 8.40. The molecular weight excluding hydrogens is 416 g/mol. The summed E-state index contributed by atoms with van der Waals surface area (Å²) in [5, 5.41) is 42.3. The Hall–Kier alpha value is -1.84. The first-order chi connectivity index (χ1) is 14.9. The Bertz CT molecular complexity index is 1090. The quantitative estimate of drug-likeness (QED) is 0.495. The van der Waals surface area contributed by atoms with Crippen LogP contribution in [0.25, 0.3) is 10.1 Å². The number of fused-ring (bicyclic) bond motifs is 4. The van der Waals surface area contributed by atoms with Crippen LogP contribution in [0.5, 0.6) is 0 Å². The van der Waals surface area contributed by atoms with Gasteiger partial charge in [0.15, 0.2) is 0 Å². The van der Waals surface area contributed by atoms with Crippen LogP contribution in [0.1, 0.15) is 27.1 Å². The first-order valence-electron chi connectivity index (χ1n) is 10.5. The van der Waals surface area contributed by atoms with Crippen LogP contribution in [-0.2, 0) is 28.1 Å². The van der Waals surface area contributed by atoms with Crippen LogP contribution < -0.4 is 0 Å². The largest absolute Gasteiger partial charge is 0.394 e. The second kappa shape index (κ2) is 7.94. The highest BCUT2D eigenvalue weighted by atomic mass is 32.1. The SMILES string of the molecule is Cc1ccc(Cc2cccc3c4c(sc23)[C@]2(OCC4)O[C@H](CO)[C@@H](O)[C@H](O)[C@H]2O)cc1. The molecule has 3 aromatic rings. The van der Waals surface area contributed by atoms with Crippen molar-refractivity contribution in [2.75, 3.05) is 13.2 Å². The van der Waals surface area contributed by atoms with Crippen molar-refractivity contribution < 1.29 is 29.9 Å². The molecule has 5 rings (SSSR count). The number of hydrogen-bond donors (Lipinski definition) is 4. The van der Waals surface area contributed by atoms with Gasteiger partial charge in [-0.05, 0) is 41.8 Å². The molecule has 1 saturated heterocycles. The zero-order valence-corrected chi connectivity index (χ0v) is 18.0. The van der Waals surface area contributed by atoms with Crippen molar-refractivity contribution in [2.45, 2.75) is 50.0 Å². The molecule has 31 heavy (non-hydrogen) atoms. The van der Waals surface area contributed by atoms with Crippen LogP contribution in [0.15, 0.2) is 42.5 Å². The van der Waals surface area contributed by atoms with Crippen molar-refractivity contribution in [1.29, 1.82) is 0 Å². The summed E-state index contributed by atoms with van der Waals surface area (Å²) in [7, 11) is 0. The Morgan fingerprint density at radius 1 is 1.06 bits per heavy atom. The van der Waals surface area contributed by atoms with Crippen molar-refractivity contribution in [1.82, 2.24) is 0 Å². The third-order valence-electron chi connectivity index (χ3n) is 6.35. The van der Waals surface area contributed by atoms with E-state index in [-0.39, 0.29) is 0 Å². The lowest BCUT2D eigenvalue weighted by Crippen LogP contribution is -2.65. The Labute approximate surface area is 184 Å². The predicted molar refractivity (Wildman–Crippen MR) is 117 cm³/mol. The van der Waals surface area contributed by atoms with E-state index in [1.165, 1.54) is 28.0 Å². The number of aliphatic hydroxyl groups excluding tert-OH is 4. The Kier molecular flexibility index (Phi) is 5.38. The van der Waals surface area contributed by atoms with Gasteiger partial charge >= 0.3 is 0 Å². The van der Waals surface area contributed by atoms with Gasteiger partial charge in [-0.2, -0.15) is 0 Å². The molecule has 2 aliphatic heterocycles. The van der Waals surface area contributed by atoms with E-state index in [9.17, 15) is 20.4 Å². The summed E-state index contributed by atoms with van der Waals surface area (Å²) in [5.74, 6) is -1.61. The van der Waals surface area contributed by atoms with E-state index < -0.39 is 36.8 Å². The smallest absolute Gasteiger partial charge is 0.234 e. The van der Waals surface area contributed by atoms with E-state index in [1.54, 1.807) is 0 Å². The van der Waals surface area contributed by atoms with Crippen molar-refractivity contribution in [3.8, 4) is 0 Å². The molecule has 0 aliphatic carbocycles. The average molecular weight is 443 g/mol. The monoisotopic (exact) mass is 442 g/mol. The number of thiophene rings is 1. The van der Waals surface area contributed by atoms with Gasteiger partial charge in [-0.3, -0.25) is 0 Å². The molecule has 1 spiro atoms. The minimum atomic E-state index is -1.61. The molecule has 4 N–H and O–H groups in total. The number of aryl methyl sites for hydroxylation is 1. The third kappa shape index (κ3) is 3.32. The van der Waals surface area contributed by atoms with E-state index in [2.05, 4.69) is 43.3 Å². The molecule has 5 atom stereocenters. The van der Waals surface area contributed by atoms with Crippen LogP contribution in [-0.4, -0.2) is 58.1 Å². The lowest BCUT2D eigenvalue weighted by molar-refractivity contribution is -0.374. The van der Waals surface area contributed by atoms with Crippen LogP contribution in [0.4, 0.5) is 0 Å². The fourth-order valence-corrected chi connectivity index (χ4v) is 6.12. The first kappa shape index (κ1) is 21.0. The molecule has 6 nitrogen and oxygen atoms in total. The molecule has 2 aromatic carbocycles. The van der Waals surface area contributed by atoms with E-state index in [4.69, 9.17) is 9.47 Å². The highest BCUT2D eigenvalue weighted by Crippen LogP contribution is 2.49. The third-order valence-corrected chi connectivity index (χ3v) is 7.77. The minimum Gasteiger partial charge on any atom is -0.394 e. The Balaban J connectivity index is 1.62. The summed E-state index contributed by atoms with van der Waals surface area (Å²) in [6.45, 7) is 1.88. The zero-order valence-electron chi connectivity index (χ0n) is 17.2. The van der Waals surface area contributed by atoms with Gasteiger partial charge < -0.3 is 29.9 Å². The minimum absolute atomic E-state index is 0.305. The Morgan fingerprint density at radius 2 is 1.84 bits per heavy atom. The summed E-state index contributed by atoms with van der Waals surface area (Å²) in [6.07, 6.45) is -3.99. The molecular formula is C24H26O6S. The van der Waals surface area contributed by atoms with Gasteiger partial charge in [-0.15, -0.1) is 11.3 Å². The molecule has 164 valence electrons. The summed E-state index contributed by atoms with van der Waals surface area (Å²) in [5.41, 5.74) is 4.62. The summed E-state index contributed by atoms with van der Waals surface area (Å²) in [6, 6.07) is 14.7. The number of ether oxygens (including phenoxy) is 2. The maximum Gasteiger partial charge on any atom is 0.234 e. The number of rotatable bonds is 3. The first-order valence-corrected chi connectivity index (χ1v) is 11.3. The molecule has 3 heterocycles. The highest BCUT2D eigenvalue weighted by Gasteiger charge is 2.58. The topological polar surface area (TPSA) is 99.4 Å². The predicted octanol–water partition coefficient (Wildman–Crippen LogP) is 2.00. The average Bonchev–Trinajstić information content (AvgIpc) is 3.18. The molecule has 0 unspecified atom stereocenters. The van der Waals surface area contributed by atoms with E-state index >= 15 is 0 Å². The molecule has 2 aliphatic rings. The fraction of sp³-hybridized carbons (Fsp3) is 0.417. The van der Waals surface area contributed by atoms with Crippen LogP contribution in [0, 0.1) is 6.92 Å². The van der Waals surface area contributed by atoms with Gasteiger partial charge in [0.05, 0.1) is 18.1 Å². The molecule has 0 radical (unpaired) electrons. The summed E-state index contributed by atoms with van der Waals surface area (Å²) >= 11 is 1.49. The molecule has 1 fully saturated rings. The van der Waals surface area contributed by atoms with E-state index in [1.807, 2.05) is 6.07 Å². The zero-order chi connectivity index (χ0) is 21.8. The molecule has 7 heteroatoms. The van der Waals surface area contributed by atoms with E-state index in [0.717, 1.165) is 22.1 Å². The van der Waals surface area contributed by atoms with Crippen molar-refractivity contribution >= 4 is 21.4 Å². The number of hydrogen-bond acceptors (Lipinski definition) is 7. The normalized spacial score (nSPS) is 30.6. The highest BCUT2D eigenvalue weighted by molar-refractivity contribution is 7.19. The molecule has 1 aromatic heterocycles. The van der Waals surface area contributed by atoms with Crippen LogP contribution in [0.2, 0.25) is 0 Å². The van der Waals surface area contributed by atoms with Crippen LogP contribution in [0.3, 0.4) is 0 Å². The van der Waals surface area contributed by atoms with Crippen molar-refractivity contribution in [3.63, 3.8) is 0 Å². The van der Waals surface area contributed by atoms with Gasteiger partial charge in [0, 0.05) is 4.70 Å². The van der Waals surface area contributed by atoms with Crippen LogP contribution >= 0.6 is 11.3 Å². The number of benzene rings is 2. The van der Waals surface area contributed by atoms with E-state index in [0.29, 0.717) is 17.9 Å². The van der Waals surface area contributed by atoms with Gasteiger partial charge in [-0.1, -0.05) is 48.0 Å². The Morgan fingerprint density at radius 3 is 2.58 bits per heavy atom. The van der Waals surface area contributed by atoms with Crippen molar-refractivity contribution in [2.24, 2.45) is 0 Å². The van der Waals surface area contributed by atoms with Crippen molar-refractivity contribution in [3.05, 3.63) is 69.6 Å². The van der Waals surface area contributed by atoms with Gasteiger partial charge in [0.25, 0.3) is 0 Å². The summed E-state index contributed by atoms with van der Waals surface area (Å²) < 4.78 is 13.0. The molecule has 0 amide bonds. The standard InChI is InChI=1S/C24H26O6S/c1-13-5-7-14(8-6-13)11-15-3-2-4-16-17-9-10-29-24(23(17)31-21(15)16)22(28)20(27)19(26)18(12-25)30-24/h2-8,18-20,22,25-28H,9-12H2,1H3/t18-,19-,20+,22-,24-/m1/s1.